The first-order chi connectivity index (χ1) is 10.1. The van der Waals surface area contributed by atoms with Gasteiger partial charge in [0, 0.05) is 35.7 Å². The summed E-state index contributed by atoms with van der Waals surface area (Å²) in [6.07, 6.45) is 1.56. The summed E-state index contributed by atoms with van der Waals surface area (Å²) in [5.41, 5.74) is 3.24. The number of aryl methyl sites for hydroxylation is 1. The van der Waals surface area contributed by atoms with Crippen LogP contribution in [0.1, 0.15) is 29.3 Å². The van der Waals surface area contributed by atoms with Crippen molar-refractivity contribution in [3.8, 4) is 0 Å². The van der Waals surface area contributed by atoms with Gasteiger partial charge in [0.05, 0.1) is 0 Å². The van der Waals surface area contributed by atoms with Crippen LogP contribution in [0.2, 0.25) is 0 Å². The summed E-state index contributed by atoms with van der Waals surface area (Å²) in [5.74, 6) is 0.174. The maximum absolute atomic E-state index is 12.2. The van der Waals surface area contributed by atoms with Crippen molar-refractivity contribution in [1.82, 2.24) is 0 Å². The zero-order valence-electron chi connectivity index (χ0n) is 12.5. The molecule has 0 aliphatic carbocycles. The highest BCUT2D eigenvalue weighted by molar-refractivity contribution is 9.10. The molecule has 0 aliphatic rings. The molecule has 0 aromatic heterocycles. The maximum atomic E-state index is 12.2. The number of carbonyl (C=O) groups is 1. The standard InChI is InChI=1S/C18H20BrNO/c1-3-14-7-9-17(10-8-14)20(2)12-11-18(21)15-5-4-6-16(19)13-15/h4-10,13H,3,11-12H2,1-2H3. The number of nitrogens with zero attached hydrogens (tertiary/aromatic N) is 1. The van der Waals surface area contributed by atoms with E-state index in [0.29, 0.717) is 6.42 Å². The quantitative estimate of drug-likeness (QED) is 0.706. The summed E-state index contributed by atoms with van der Waals surface area (Å²) < 4.78 is 0.942. The normalized spacial score (nSPS) is 10.4. The van der Waals surface area contributed by atoms with Crippen molar-refractivity contribution in [3.63, 3.8) is 0 Å². The number of ketones is 1. The van der Waals surface area contributed by atoms with Crippen molar-refractivity contribution in [1.29, 1.82) is 0 Å². The fourth-order valence-electron chi connectivity index (χ4n) is 2.19. The van der Waals surface area contributed by atoms with Crippen LogP contribution in [0.25, 0.3) is 0 Å². The molecule has 2 aromatic carbocycles. The van der Waals surface area contributed by atoms with E-state index in [0.717, 1.165) is 28.7 Å². The molecule has 0 radical (unpaired) electrons. The highest BCUT2D eigenvalue weighted by Crippen LogP contribution is 2.16. The second kappa shape index (κ2) is 7.41. The van der Waals surface area contributed by atoms with Gasteiger partial charge in [0.25, 0.3) is 0 Å². The molecule has 2 nitrogen and oxygen atoms in total. The lowest BCUT2D eigenvalue weighted by Crippen LogP contribution is -2.21. The third-order valence-electron chi connectivity index (χ3n) is 3.61. The van der Waals surface area contributed by atoms with Crippen LogP contribution in [0.3, 0.4) is 0 Å². The Bertz CT molecular complexity index is 607. The molecule has 21 heavy (non-hydrogen) atoms. The first-order valence-corrected chi connectivity index (χ1v) is 7.98. The molecule has 2 rings (SSSR count). The van der Waals surface area contributed by atoms with E-state index in [9.17, 15) is 4.79 Å². The van der Waals surface area contributed by atoms with Gasteiger partial charge in [-0.1, -0.05) is 47.1 Å². The van der Waals surface area contributed by atoms with E-state index in [-0.39, 0.29) is 5.78 Å². The highest BCUT2D eigenvalue weighted by atomic mass is 79.9. The molecule has 0 fully saturated rings. The summed E-state index contributed by atoms with van der Waals surface area (Å²) in [6.45, 7) is 2.87. The van der Waals surface area contributed by atoms with E-state index < -0.39 is 0 Å². The molecule has 0 amide bonds. The molecule has 0 saturated carbocycles. The van der Waals surface area contributed by atoms with E-state index in [4.69, 9.17) is 0 Å². The summed E-state index contributed by atoms with van der Waals surface area (Å²) in [4.78, 5) is 14.3. The Morgan fingerprint density at radius 1 is 1.14 bits per heavy atom. The minimum Gasteiger partial charge on any atom is -0.374 e. The van der Waals surface area contributed by atoms with Gasteiger partial charge in [-0.05, 0) is 36.2 Å². The van der Waals surface area contributed by atoms with E-state index in [1.807, 2.05) is 31.3 Å². The van der Waals surface area contributed by atoms with Crippen molar-refractivity contribution >= 4 is 27.4 Å². The molecule has 0 saturated heterocycles. The summed E-state index contributed by atoms with van der Waals surface area (Å²) in [6, 6.07) is 16.1. The Kier molecular flexibility index (Phi) is 5.57. The number of anilines is 1. The topological polar surface area (TPSA) is 20.3 Å². The number of Topliss-reactive ketones (excluding diaryl/α,β-unsaturated/α-hetero) is 1. The SMILES string of the molecule is CCc1ccc(N(C)CCC(=O)c2cccc(Br)c2)cc1. The predicted octanol–water partition coefficient (Wildman–Crippen LogP) is 4.72. The first kappa shape index (κ1) is 15.8. The molecule has 3 heteroatoms. The lowest BCUT2D eigenvalue weighted by atomic mass is 10.1. The zero-order valence-corrected chi connectivity index (χ0v) is 14.1. The van der Waals surface area contributed by atoms with E-state index in [2.05, 4.69) is 52.0 Å². The van der Waals surface area contributed by atoms with Crippen LogP contribution < -0.4 is 4.90 Å². The monoisotopic (exact) mass is 345 g/mol. The fraction of sp³-hybridized carbons (Fsp3) is 0.278. The molecule has 0 bridgehead atoms. The van der Waals surface area contributed by atoms with Crippen molar-refractivity contribution in [3.05, 3.63) is 64.1 Å². The average molecular weight is 346 g/mol. The second-order valence-corrected chi connectivity index (χ2v) is 6.04. The van der Waals surface area contributed by atoms with Crippen molar-refractivity contribution in [2.45, 2.75) is 19.8 Å². The first-order valence-electron chi connectivity index (χ1n) is 7.19. The Balaban J connectivity index is 1.93. The van der Waals surface area contributed by atoms with E-state index >= 15 is 0 Å². The summed E-state index contributed by atoms with van der Waals surface area (Å²) in [7, 11) is 2.02. The van der Waals surface area contributed by atoms with Gasteiger partial charge in [-0.3, -0.25) is 4.79 Å². The Morgan fingerprint density at radius 2 is 1.86 bits per heavy atom. The smallest absolute Gasteiger partial charge is 0.164 e. The minimum absolute atomic E-state index is 0.174. The molecule has 0 N–H and O–H groups in total. The number of carbonyl (C=O) groups excluding carboxylic acids is 1. The molecule has 0 atom stereocenters. The number of rotatable bonds is 6. The van der Waals surface area contributed by atoms with Gasteiger partial charge in [0.1, 0.15) is 0 Å². The second-order valence-electron chi connectivity index (χ2n) is 5.13. The van der Waals surface area contributed by atoms with E-state index in [1.165, 1.54) is 5.56 Å². The number of halogens is 1. The lowest BCUT2D eigenvalue weighted by Gasteiger charge is -2.19. The third-order valence-corrected chi connectivity index (χ3v) is 4.10. The van der Waals surface area contributed by atoms with Crippen LogP contribution in [0, 0.1) is 0 Å². The van der Waals surface area contributed by atoms with Gasteiger partial charge in [-0.2, -0.15) is 0 Å². The molecule has 0 spiro atoms. The average Bonchev–Trinajstić information content (AvgIpc) is 2.52. The lowest BCUT2D eigenvalue weighted by molar-refractivity contribution is 0.0985. The largest absolute Gasteiger partial charge is 0.374 e. The Labute approximate surface area is 134 Å². The molecular formula is C18H20BrNO. The molecular weight excluding hydrogens is 326 g/mol. The van der Waals surface area contributed by atoms with E-state index in [1.54, 1.807) is 0 Å². The third kappa shape index (κ3) is 4.43. The van der Waals surface area contributed by atoms with Crippen molar-refractivity contribution < 1.29 is 4.79 Å². The predicted molar refractivity (Wildman–Crippen MR) is 92.2 cm³/mol. The fourth-order valence-corrected chi connectivity index (χ4v) is 2.59. The molecule has 0 unspecified atom stereocenters. The van der Waals surface area contributed by atoms with Gasteiger partial charge in [0.2, 0.25) is 0 Å². The van der Waals surface area contributed by atoms with Gasteiger partial charge in [-0.15, -0.1) is 0 Å². The number of hydrogen-bond donors (Lipinski definition) is 0. The van der Waals surface area contributed by atoms with Crippen molar-refractivity contribution in [2.24, 2.45) is 0 Å². The van der Waals surface area contributed by atoms with Gasteiger partial charge < -0.3 is 4.90 Å². The zero-order chi connectivity index (χ0) is 15.2. The van der Waals surface area contributed by atoms with Crippen LogP contribution in [0.5, 0.6) is 0 Å². The van der Waals surface area contributed by atoms with Gasteiger partial charge in [0.15, 0.2) is 5.78 Å². The van der Waals surface area contributed by atoms with Gasteiger partial charge >= 0.3 is 0 Å². The van der Waals surface area contributed by atoms with Crippen LogP contribution in [0.4, 0.5) is 5.69 Å². The minimum atomic E-state index is 0.174. The maximum Gasteiger partial charge on any atom is 0.164 e. The van der Waals surface area contributed by atoms with Gasteiger partial charge in [-0.25, -0.2) is 0 Å². The number of benzene rings is 2. The molecule has 0 heterocycles. The Hall–Kier alpha value is -1.61. The molecule has 0 aliphatic heterocycles. The highest BCUT2D eigenvalue weighted by Gasteiger charge is 2.08. The number of hydrogen-bond acceptors (Lipinski definition) is 2. The van der Waals surface area contributed by atoms with Crippen LogP contribution in [-0.2, 0) is 6.42 Å². The van der Waals surface area contributed by atoms with Crippen LogP contribution >= 0.6 is 15.9 Å². The summed E-state index contributed by atoms with van der Waals surface area (Å²) in [5, 5.41) is 0. The van der Waals surface area contributed by atoms with Crippen molar-refractivity contribution in [2.75, 3.05) is 18.5 Å². The Morgan fingerprint density at radius 3 is 2.48 bits per heavy atom. The molecule has 2 aromatic rings. The van der Waals surface area contributed by atoms with Crippen LogP contribution in [-0.4, -0.2) is 19.4 Å². The summed E-state index contributed by atoms with van der Waals surface area (Å²) >= 11 is 3.40. The van der Waals surface area contributed by atoms with Crippen LogP contribution in [0.15, 0.2) is 53.0 Å². The molecule has 110 valence electrons.